The SMILES string of the molecule is COC(=O)c1nccc2c1CN(C(C)c1cnc(OCC(C)(F)F)c(Cl)c1)C2=O. The Morgan fingerprint density at radius 2 is 2.14 bits per heavy atom. The van der Waals surface area contributed by atoms with Crippen molar-refractivity contribution in [3.05, 3.63) is 51.9 Å². The summed E-state index contributed by atoms with van der Waals surface area (Å²) in [6, 6.07) is 2.61. The molecule has 2 aromatic heterocycles. The molecule has 0 spiro atoms. The summed E-state index contributed by atoms with van der Waals surface area (Å²) in [6.45, 7) is 1.80. The number of rotatable bonds is 6. The number of hydrogen-bond donors (Lipinski definition) is 0. The molecule has 2 aromatic rings. The molecule has 0 bridgehead atoms. The molecule has 1 unspecified atom stereocenters. The average Bonchev–Trinajstić information content (AvgIpc) is 3.02. The van der Waals surface area contributed by atoms with Gasteiger partial charge in [0.1, 0.15) is 5.02 Å². The second-order valence-corrected chi connectivity index (χ2v) is 7.11. The van der Waals surface area contributed by atoms with E-state index in [4.69, 9.17) is 21.1 Å². The van der Waals surface area contributed by atoms with Crippen LogP contribution in [-0.2, 0) is 11.3 Å². The number of carbonyl (C=O) groups is 2. The van der Waals surface area contributed by atoms with Crippen molar-refractivity contribution in [1.29, 1.82) is 0 Å². The third-order valence-electron chi connectivity index (χ3n) is 4.50. The second-order valence-electron chi connectivity index (χ2n) is 6.70. The number of pyridine rings is 2. The van der Waals surface area contributed by atoms with E-state index < -0.39 is 24.5 Å². The first-order valence-electron chi connectivity index (χ1n) is 8.65. The van der Waals surface area contributed by atoms with Gasteiger partial charge in [-0.15, -0.1) is 0 Å². The van der Waals surface area contributed by atoms with Gasteiger partial charge in [0.15, 0.2) is 12.3 Å². The molecule has 154 valence electrons. The zero-order valence-corrected chi connectivity index (χ0v) is 16.7. The van der Waals surface area contributed by atoms with E-state index in [0.717, 1.165) is 6.92 Å². The number of aromatic nitrogens is 2. The van der Waals surface area contributed by atoms with E-state index in [1.165, 1.54) is 30.5 Å². The maximum Gasteiger partial charge on any atom is 0.357 e. The van der Waals surface area contributed by atoms with Crippen LogP contribution in [0, 0.1) is 0 Å². The number of methoxy groups -OCH3 is 1. The van der Waals surface area contributed by atoms with Gasteiger partial charge in [-0.25, -0.2) is 23.5 Å². The standard InChI is InChI=1S/C19H18ClF2N3O4/c1-10(11-6-14(20)16(24-7-11)29-9-19(2,21)22)25-8-13-12(17(25)26)4-5-23-15(13)18(27)28-3/h4-7,10H,8-9H2,1-3H3. The Bertz CT molecular complexity index is 965. The van der Waals surface area contributed by atoms with Gasteiger partial charge in [-0.05, 0) is 24.6 Å². The van der Waals surface area contributed by atoms with Crippen LogP contribution >= 0.6 is 11.6 Å². The number of halogens is 3. The van der Waals surface area contributed by atoms with Gasteiger partial charge in [0.05, 0.1) is 13.2 Å². The molecule has 29 heavy (non-hydrogen) atoms. The lowest BCUT2D eigenvalue weighted by Gasteiger charge is -2.25. The molecule has 0 radical (unpaired) electrons. The Morgan fingerprint density at radius 3 is 2.76 bits per heavy atom. The van der Waals surface area contributed by atoms with Crippen LogP contribution in [0.25, 0.3) is 0 Å². The lowest BCUT2D eigenvalue weighted by molar-refractivity contribution is -0.0242. The third kappa shape index (κ3) is 4.29. The monoisotopic (exact) mass is 425 g/mol. The van der Waals surface area contributed by atoms with Crippen LogP contribution in [0.2, 0.25) is 5.02 Å². The number of amides is 1. The van der Waals surface area contributed by atoms with Gasteiger partial charge in [-0.3, -0.25) is 4.79 Å². The first kappa shape index (κ1) is 20.9. The predicted octanol–water partition coefficient (Wildman–Crippen LogP) is 3.67. The largest absolute Gasteiger partial charge is 0.470 e. The zero-order valence-electron chi connectivity index (χ0n) is 15.9. The van der Waals surface area contributed by atoms with Crippen LogP contribution in [0.4, 0.5) is 8.78 Å². The topological polar surface area (TPSA) is 81.6 Å². The quantitative estimate of drug-likeness (QED) is 0.657. The molecule has 3 rings (SSSR count). The Kier molecular flexibility index (Phi) is 5.70. The lowest BCUT2D eigenvalue weighted by Crippen LogP contribution is -2.27. The second kappa shape index (κ2) is 7.90. The number of fused-ring (bicyclic) bond motifs is 1. The van der Waals surface area contributed by atoms with Crippen molar-refractivity contribution in [3.63, 3.8) is 0 Å². The van der Waals surface area contributed by atoms with Crippen molar-refractivity contribution in [3.8, 4) is 5.88 Å². The molecule has 1 atom stereocenters. The molecule has 1 amide bonds. The summed E-state index contributed by atoms with van der Waals surface area (Å²) in [7, 11) is 1.24. The molecular weight excluding hydrogens is 408 g/mol. The van der Waals surface area contributed by atoms with Gasteiger partial charge in [0.25, 0.3) is 11.8 Å². The molecule has 0 N–H and O–H groups in total. The van der Waals surface area contributed by atoms with E-state index in [0.29, 0.717) is 16.7 Å². The first-order chi connectivity index (χ1) is 13.6. The first-order valence-corrected chi connectivity index (χ1v) is 9.03. The fourth-order valence-corrected chi connectivity index (χ4v) is 3.21. The Balaban J connectivity index is 1.82. The molecule has 0 saturated heterocycles. The highest BCUT2D eigenvalue weighted by molar-refractivity contribution is 6.31. The van der Waals surface area contributed by atoms with Crippen LogP contribution in [0.5, 0.6) is 5.88 Å². The molecule has 0 aliphatic carbocycles. The van der Waals surface area contributed by atoms with E-state index in [9.17, 15) is 18.4 Å². The molecule has 1 aliphatic rings. The minimum Gasteiger partial charge on any atom is -0.470 e. The molecule has 0 aromatic carbocycles. The molecule has 10 heteroatoms. The Morgan fingerprint density at radius 1 is 1.41 bits per heavy atom. The number of nitrogens with zero attached hydrogens (tertiary/aromatic N) is 3. The summed E-state index contributed by atoms with van der Waals surface area (Å²) in [5.74, 6) is -4.03. The molecule has 0 fully saturated rings. The number of hydrogen-bond acceptors (Lipinski definition) is 6. The summed E-state index contributed by atoms with van der Waals surface area (Å²) in [5.41, 5.74) is 1.53. The van der Waals surface area contributed by atoms with Gasteiger partial charge in [-0.1, -0.05) is 11.6 Å². The number of carbonyl (C=O) groups excluding carboxylic acids is 2. The number of alkyl halides is 2. The van der Waals surface area contributed by atoms with Gasteiger partial charge in [-0.2, -0.15) is 0 Å². The highest BCUT2D eigenvalue weighted by Gasteiger charge is 2.35. The third-order valence-corrected chi connectivity index (χ3v) is 4.77. The molecule has 0 saturated carbocycles. The van der Waals surface area contributed by atoms with Gasteiger partial charge < -0.3 is 14.4 Å². The summed E-state index contributed by atoms with van der Waals surface area (Å²) in [4.78, 5) is 34.3. The minimum atomic E-state index is -3.02. The van der Waals surface area contributed by atoms with Crippen molar-refractivity contribution < 1.29 is 27.8 Å². The minimum absolute atomic E-state index is 0.0553. The van der Waals surface area contributed by atoms with Crippen molar-refractivity contribution in [2.45, 2.75) is 32.4 Å². The van der Waals surface area contributed by atoms with Crippen molar-refractivity contribution in [2.24, 2.45) is 0 Å². The van der Waals surface area contributed by atoms with Crippen molar-refractivity contribution in [2.75, 3.05) is 13.7 Å². The Labute approximate surface area is 170 Å². The molecule has 7 nitrogen and oxygen atoms in total. The van der Waals surface area contributed by atoms with E-state index in [1.807, 2.05) is 0 Å². The predicted molar refractivity (Wildman–Crippen MR) is 99.2 cm³/mol. The van der Waals surface area contributed by atoms with E-state index >= 15 is 0 Å². The summed E-state index contributed by atoms with van der Waals surface area (Å²) >= 11 is 6.11. The highest BCUT2D eigenvalue weighted by Crippen LogP contribution is 2.34. The fraction of sp³-hybridized carbons (Fsp3) is 0.368. The molecular formula is C19H18ClF2N3O4. The van der Waals surface area contributed by atoms with Gasteiger partial charge in [0, 0.05) is 37.0 Å². The van der Waals surface area contributed by atoms with Crippen LogP contribution in [0.15, 0.2) is 24.5 Å². The highest BCUT2D eigenvalue weighted by atomic mass is 35.5. The van der Waals surface area contributed by atoms with E-state index in [1.54, 1.807) is 13.0 Å². The van der Waals surface area contributed by atoms with Crippen LogP contribution < -0.4 is 4.74 Å². The van der Waals surface area contributed by atoms with Crippen molar-refractivity contribution >= 4 is 23.5 Å². The summed E-state index contributed by atoms with van der Waals surface area (Å²) in [6.07, 6.45) is 2.79. The zero-order chi connectivity index (χ0) is 21.3. The van der Waals surface area contributed by atoms with E-state index in [2.05, 4.69) is 9.97 Å². The van der Waals surface area contributed by atoms with Crippen LogP contribution in [0.3, 0.4) is 0 Å². The Hall–Kier alpha value is -2.81. The smallest absolute Gasteiger partial charge is 0.357 e. The van der Waals surface area contributed by atoms with Gasteiger partial charge in [0.2, 0.25) is 5.88 Å². The fourth-order valence-electron chi connectivity index (χ4n) is 2.98. The normalized spacial score (nSPS) is 14.6. The molecule has 3 heterocycles. The maximum atomic E-state index is 13.0. The van der Waals surface area contributed by atoms with Crippen molar-refractivity contribution in [1.82, 2.24) is 14.9 Å². The van der Waals surface area contributed by atoms with Crippen LogP contribution in [-0.4, -0.2) is 46.4 Å². The maximum absolute atomic E-state index is 13.0. The number of esters is 1. The average molecular weight is 426 g/mol. The van der Waals surface area contributed by atoms with E-state index in [-0.39, 0.29) is 29.0 Å². The molecule has 1 aliphatic heterocycles. The summed E-state index contributed by atoms with van der Waals surface area (Å²) < 4.78 is 35.6. The van der Waals surface area contributed by atoms with Gasteiger partial charge >= 0.3 is 5.97 Å². The van der Waals surface area contributed by atoms with Crippen LogP contribution in [0.1, 0.15) is 51.9 Å². The number of ether oxygens (including phenoxy) is 2. The summed E-state index contributed by atoms with van der Waals surface area (Å²) in [5, 5.41) is 0.0553. The lowest BCUT2D eigenvalue weighted by atomic mass is 10.1.